The van der Waals surface area contributed by atoms with Gasteiger partial charge in [-0.1, -0.05) is 127 Å². The van der Waals surface area contributed by atoms with Crippen LogP contribution in [0.5, 0.6) is 0 Å². The molecule has 2 aromatic heterocycles. The van der Waals surface area contributed by atoms with E-state index >= 15 is 0 Å². The molecule has 10 rings (SSSR count). The molecule has 0 N–H and O–H groups in total. The summed E-state index contributed by atoms with van der Waals surface area (Å²) in [5.74, 6) is 0. The summed E-state index contributed by atoms with van der Waals surface area (Å²) >= 11 is 1.84. The fourth-order valence-corrected chi connectivity index (χ4v) is 8.69. The van der Waals surface area contributed by atoms with Crippen molar-refractivity contribution in [1.29, 1.82) is 0 Å². The molecule has 0 spiro atoms. The van der Waals surface area contributed by atoms with Crippen molar-refractivity contribution in [3.63, 3.8) is 0 Å². The molecule has 8 aromatic carbocycles. The van der Waals surface area contributed by atoms with E-state index in [1.165, 1.54) is 53.6 Å². The van der Waals surface area contributed by atoms with Crippen LogP contribution in [0.15, 0.2) is 192 Å². The Bertz CT molecular complexity index is 2790. The molecule has 0 aliphatic rings. The van der Waals surface area contributed by atoms with E-state index in [0.29, 0.717) is 0 Å². The molecule has 3 heteroatoms. The standard InChI is InChI=1S/C48H31NOS/c1-4-15-32(16-5-1)35-27-36(33-17-6-2-7-18-33)30-39(29-35)49(37-20-8-3-9-21-37)38-22-14-19-34(28-38)42-31-43-40-23-10-12-25-44(40)50-47(43)46-41-24-11-13-26-45(41)51-48(42)46/h1-31H. The van der Waals surface area contributed by atoms with Crippen molar-refractivity contribution < 1.29 is 4.42 Å². The van der Waals surface area contributed by atoms with Gasteiger partial charge in [-0.15, -0.1) is 11.3 Å². The highest BCUT2D eigenvalue weighted by Gasteiger charge is 2.21. The van der Waals surface area contributed by atoms with Gasteiger partial charge in [-0.25, -0.2) is 0 Å². The van der Waals surface area contributed by atoms with E-state index in [-0.39, 0.29) is 0 Å². The Morgan fingerprint density at radius 3 is 1.69 bits per heavy atom. The van der Waals surface area contributed by atoms with Crippen LogP contribution in [0, 0.1) is 0 Å². The number of hydrogen-bond acceptors (Lipinski definition) is 3. The van der Waals surface area contributed by atoms with Gasteiger partial charge in [-0.05, 0) is 88.5 Å². The van der Waals surface area contributed by atoms with Gasteiger partial charge in [-0.3, -0.25) is 0 Å². The number of nitrogens with zero attached hydrogens (tertiary/aromatic N) is 1. The second kappa shape index (κ2) is 12.2. The average Bonchev–Trinajstić information content (AvgIpc) is 3.78. The molecule has 0 bridgehead atoms. The number of anilines is 3. The Balaban J connectivity index is 1.22. The van der Waals surface area contributed by atoms with Crippen LogP contribution in [-0.4, -0.2) is 0 Å². The fourth-order valence-electron chi connectivity index (χ4n) is 7.45. The molecule has 51 heavy (non-hydrogen) atoms. The highest BCUT2D eigenvalue weighted by molar-refractivity contribution is 7.26. The number of hydrogen-bond donors (Lipinski definition) is 0. The first-order valence-electron chi connectivity index (χ1n) is 17.3. The first-order chi connectivity index (χ1) is 25.3. The van der Waals surface area contributed by atoms with Crippen LogP contribution in [0.4, 0.5) is 17.1 Å². The topological polar surface area (TPSA) is 16.4 Å². The summed E-state index contributed by atoms with van der Waals surface area (Å²) in [6.45, 7) is 0. The normalized spacial score (nSPS) is 11.5. The summed E-state index contributed by atoms with van der Waals surface area (Å²) in [5, 5.41) is 4.70. The molecule has 0 amide bonds. The Labute approximate surface area is 300 Å². The van der Waals surface area contributed by atoms with Crippen LogP contribution < -0.4 is 4.90 Å². The van der Waals surface area contributed by atoms with Gasteiger partial charge in [0.15, 0.2) is 0 Å². The van der Waals surface area contributed by atoms with Crippen LogP contribution >= 0.6 is 11.3 Å². The van der Waals surface area contributed by atoms with Gasteiger partial charge in [0.05, 0.1) is 0 Å². The number of furan rings is 1. The lowest BCUT2D eigenvalue weighted by Crippen LogP contribution is -2.10. The molecular weight excluding hydrogens is 639 g/mol. The number of rotatable bonds is 6. The minimum absolute atomic E-state index is 0.915. The predicted molar refractivity (Wildman–Crippen MR) is 218 cm³/mol. The minimum Gasteiger partial charge on any atom is -0.455 e. The van der Waals surface area contributed by atoms with Crippen LogP contribution in [0.1, 0.15) is 0 Å². The molecule has 2 nitrogen and oxygen atoms in total. The van der Waals surface area contributed by atoms with Crippen molar-refractivity contribution in [2.24, 2.45) is 0 Å². The maximum absolute atomic E-state index is 6.59. The van der Waals surface area contributed by atoms with Gasteiger partial charge < -0.3 is 9.32 Å². The van der Waals surface area contributed by atoms with Crippen molar-refractivity contribution in [3.05, 3.63) is 188 Å². The van der Waals surface area contributed by atoms with E-state index in [4.69, 9.17) is 4.42 Å². The Hall–Kier alpha value is -6.42. The zero-order valence-corrected chi connectivity index (χ0v) is 28.5. The molecule has 10 aromatic rings. The van der Waals surface area contributed by atoms with E-state index < -0.39 is 0 Å². The minimum atomic E-state index is 0.915. The predicted octanol–water partition coefficient (Wildman–Crippen LogP) is 14.4. The van der Waals surface area contributed by atoms with Gasteiger partial charge in [-0.2, -0.15) is 0 Å². The first kappa shape index (κ1) is 29.5. The van der Waals surface area contributed by atoms with Crippen LogP contribution in [0.25, 0.3) is 75.5 Å². The fraction of sp³-hybridized carbons (Fsp3) is 0. The number of thiophene rings is 1. The highest BCUT2D eigenvalue weighted by atomic mass is 32.1. The zero-order chi connectivity index (χ0) is 33.7. The van der Waals surface area contributed by atoms with Gasteiger partial charge in [0.25, 0.3) is 0 Å². The Kier molecular flexibility index (Phi) is 7.04. The lowest BCUT2D eigenvalue weighted by Gasteiger charge is -2.27. The third kappa shape index (κ3) is 5.10. The summed E-state index contributed by atoms with van der Waals surface area (Å²) in [4.78, 5) is 2.39. The van der Waals surface area contributed by atoms with Crippen molar-refractivity contribution >= 4 is 70.5 Å². The molecule has 0 saturated heterocycles. The van der Waals surface area contributed by atoms with Gasteiger partial charge >= 0.3 is 0 Å². The molecule has 240 valence electrons. The second-order valence-electron chi connectivity index (χ2n) is 12.9. The smallest absolute Gasteiger partial charge is 0.144 e. The number of fused-ring (bicyclic) bond motifs is 7. The van der Waals surface area contributed by atoms with E-state index in [1.807, 2.05) is 17.4 Å². The van der Waals surface area contributed by atoms with Gasteiger partial charge in [0.1, 0.15) is 11.2 Å². The van der Waals surface area contributed by atoms with E-state index in [0.717, 1.165) is 39.0 Å². The van der Waals surface area contributed by atoms with Crippen molar-refractivity contribution in [2.75, 3.05) is 4.90 Å². The van der Waals surface area contributed by atoms with Crippen LogP contribution in [-0.2, 0) is 0 Å². The Morgan fingerprint density at radius 2 is 0.961 bits per heavy atom. The second-order valence-corrected chi connectivity index (χ2v) is 14.0. The van der Waals surface area contributed by atoms with Crippen molar-refractivity contribution in [1.82, 2.24) is 0 Å². The molecular formula is C48H31NOS. The summed E-state index contributed by atoms with van der Waals surface area (Å²) < 4.78 is 9.09. The van der Waals surface area contributed by atoms with Gasteiger partial charge in [0.2, 0.25) is 0 Å². The van der Waals surface area contributed by atoms with Crippen molar-refractivity contribution in [3.8, 4) is 33.4 Å². The van der Waals surface area contributed by atoms with E-state index in [2.05, 4.69) is 187 Å². The zero-order valence-electron chi connectivity index (χ0n) is 27.7. The molecule has 0 radical (unpaired) electrons. The lowest BCUT2D eigenvalue weighted by atomic mass is 9.96. The number of para-hydroxylation sites is 2. The van der Waals surface area contributed by atoms with E-state index in [9.17, 15) is 0 Å². The quantitative estimate of drug-likeness (QED) is 0.175. The number of benzene rings is 8. The average molecular weight is 670 g/mol. The Morgan fingerprint density at radius 1 is 0.392 bits per heavy atom. The summed E-state index contributed by atoms with van der Waals surface area (Å²) in [7, 11) is 0. The molecule has 0 aliphatic heterocycles. The van der Waals surface area contributed by atoms with Crippen molar-refractivity contribution in [2.45, 2.75) is 0 Å². The summed E-state index contributed by atoms with van der Waals surface area (Å²) in [5.41, 5.74) is 12.3. The monoisotopic (exact) mass is 669 g/mol. The first-order valence-corrected chi connectivity index (χ1v) is 18.1. The van der Waals surface area contributed by atoms with E-state index in [1.54, 1.807) is 0 Å². The maximum Gasteiger partial charge on any atom is 0.144 e. The molecule has 0 saturated carbocycles. The van der Waals surface area contributed by atoms with Crippen LogP contribution in [0.2, 0.25) is 0 Å². The van der Waals surface area contributed by atoms with Crippen LogP contribution in [0.3, 0.4) is 0 Å². The van der Waals surface area contributed by atoms with Gasteiger partial charge in [0, 0.05) is 53.6 Å². The third-order valence-corrected chi connectivity index (χ3v) is 11.0. The summed E-state index contributed by atoms with van der Waals surface area (Å²) in [6, 6.07) is 67.4. The molecule has 0 aliphatic carbocycles. The highest BCUT2D eigenvalue weighted by Crippen LogP contribution is 2.48. The molecule has 2 heterocycles. The molecule has 0 unspecified atom stereocenters. The molecule has 0 atom stereocenters. The SMILES string of the molecule is c1ccc(-c2cc(-c3ccccc3)cc(N(c3ccccc3)c3cccc(-c4cc5c6ccccc6oc5c5c4sc4ccccc45)c3)c2)cc1. The third-order valence-electron chi connectivity index (χ3n) is 9.81. The molecule has 0 fully saturated rings. The lowest BCUT2D eigenvalue weighted by molar-refractivity contribution is 0.673. The largest absolute Gasteiger partial charge is 0.455 e. The summed E-state index contributed by atoms with van der Waals surface area (Å²) in [6.07, 6.45) is 0. The maximum atomic E-state index is 6.59.